The van der Waals surface area contributed by atoms with Crippen molar-refractivity contribution in [1.82, 2.24) is 4.98 Å². The van der Waals surface area contributed by atoms with Gasteiger partial charge < -0.3 is 10.5 Å². The minimum Gasteiger partial charge on any atom is -0.379 e. The Balaban J connectivity index is 2.27. The molecule has 1 aliphatic heterocycles. The van der Waals surface area contributed by atoms with Gasteiger partial charge in [-0.05, 0) is 6.92 Å². The van der Waals surface area contributed by atoms with Gasteiger partial charge in [0, 0.05) is 11.9 Å². The van der Waals surface area contributed by atoms with Crippen molar-refractivity contribution >= 4 is 11.3 Å². The van der Waals surface area contributed by atoms with Crippen molar-refractivity contribution in [2.24, 2.45) is 5.73 Å². The molecule has 4 heteroatoms. The number of aromatic nitrogens is 1. The van der Waals surface area contributed by atoms with Gasteiger partial charge in [-0.15, -0.1) is 11.3 Å². The zero-order valence-corrected chi connectivity index (χ0v) is 7.86. The maximum absolute atomic E-state index is 5.69. The van der Waals surface area contributed by atoms with E-state index in [0.717, 1.165) is 23.9 Å². The smallest absolute Gasteiger partial charge is 0.0897 e. The number of nitrogens with two attached hydrogens (primary N) is 1. The molecule has 0 unspecified atom stereocenters. The largest absolute Gasteiger partial charge is 0.379 e. The number of hydrogen-bond donors (Lipinski definition) is 1. The van der Waals surface area contributed by atoms with Crippen LogP contribution in [-0.4, -0.2) is 24.7 Å². The van der Waals surface area contributed by atoms with Crippen molar-refractivity contribution in [3.05, 3.63) is 16.1 Å². The second kappa shape index (κ2) is 2.80. The first-order valence-corrected chi connectivity index (χ1v) is 4.85. The average Bonchev–Trinajstić information content (AvgIpc) is 2.35. The van der Waals surface area contributed by atoms with Crippen LogP contribution in [0.2, 0.25) is 0 Å². The fourth-order valence-corrected chi connectivity index (χ4v) is 2.06. The molecule has 1 fully saturated rings. The molecular formula is C8H12N2OS. The third kappa shape index (κ3) is 1.07. The third-order valence-corrected chi connectivity index (χ3v) is 3.08. The maximum atomic E-state index is 5.69. The Labute approximate surface area is 75.6 Å². The fraction of sp³-hybridized carbons (Fsp3) is 0.625. The van der Waals surface area contributed by atoms with Crippen LogP contribution in [0, 0.1) is 6.92 Å². The first kappa shape index (κ1) is 8.16. The predicted octanol–water partition coefficient (Wildman–Crippen LogP) is 0.678. The standard InChI is InChI=1S/C8H12N2OS/c1-6-10-7(2-12-6)8(3-9)4-11-5-8/h2H,3-5,9H2,1H3. The zero-order valence-electron chi connectivity index (χ0n) is 7.04. The molecule has 0 radical (unpaired) electrons. The molecule has 2 N–H and O–H groups in total. The van der Waals surface area contributed by atoms with Crippen molar-refractivity contribution in [3.8, 4) is 0 Å². The molecule has 0 atom stereocenters. The number of thiazole rings is 1. The van der Waals surface area contributed by atoms with Crippen LogP contribution in [-0.2, 0) is 10.2 Å². The van der Waals surface area contributed by atoms with Gasteiger partial charge in [-0.2, -0.15) is 0 Å². The van der Waals surface area contributed by atoms with Crippen LogP contribution < -0.4 is 5.73 Å². The lowest BCUT2D eigenvalue weighted by Gasteiger charge is -2.39. The van der Waals surface area contributed by atoms with Gasteiger partial charge in [0.15, 0.2) is 0 Å². The maximum Gasteiger partial charge on any atom is 0.0897 e. The molecule has 0 aliphatic carbocycles. The van der Waals surface area contributed by atoms with E-state index in [2.05, 4.69) is 10.4 Å². The van der Waals surface area contributed by atoms with Gasteiger partial charge in [0.25, 0.3) is 0 Å². The molecule has 12 heavy (non-hydrogen) atoms. The van der Waals surface area contributed by atoms with E-state index in [9.17, 15) is 0 Å². The number of hydrogen-bond acceptors (Lipinski definition) is 4. The highest BCUT2D eigenvalue weighted by Crippen LogP contribution is 2.31. The summed E-state index contributed by atoms with van der Waals surface area (Å²) in [5, 5.41) is 3.19. The van der Waals surface area contributed by atoms with E-state index in [4.69, 9.17) is 10.5 Å². The lowest BCUT2D eigenvalue weighted by molar-refractivity contribution is -0.0568. The quantitative estimate of drug-likeness (QED) is 0.735. The highest BCUT2D eigenvalue weighted by atomic mass is 32.1. The number of nitrogens with zero attached hydrogens (tertiary/aromatic N) is 1. The van der Waals surface area contributed by atoms with Crippen molar-refractivity contribution < 1.29 is 4.74 Å². The van der Waals surface area contributed by atoms with Gasteiger partial charge in [0.05, 0.1) is 29.3 Å². The minimum atomic E-state index is 0.0325. The van der Waals surface area contributed by atoms with E-state index >= 15 is 0 Å². The third-order valence-electron chi connectivity index (χ3n) is 2.31. The SMILES string of the molecule is Cc1nc(C2(CN)COC2)cs1. The van der Waals surface area contributed by atoms with Crippen LogP contribution in [0.3, 0.4) is 0 Å². The fourth-order valence-electron chi connectivity index (χ4n) is 1.33. The van der Waals surface area contributed by atoms with E-state index < -0.39 is 0 Å². The molecular weight excluding hydrogens is 172 g/mol. The Morgan fingerprint density at radius 3 is 2.83 bits per heavy atom. The number of ether oxygens (including phenoxy) is 1. The van der Waals surface area contributed by atoms with Gasteiger partial charge in [-0.1, -0.05) is 0 Å². The molecule has 1 saturated heterocycles. The Morgan fingerprint density at radius 2 is 2.50 bits per heavy atom. The van der Waals surface area contributed by atoms with Gasteiger partial charge >= 0.3 is 0 Å². The van der Waals surface area contributed by atoms with Crippen LogP contribution >= 0.6 is 11.3 Å². The molecule has 2 rings (SSSR count). The lowest BCUT2D eigenvalue weighted by Crippen LogP contribution is -2.52. The number of rotatable bonds is 2. The summed E-state index contributed by atoms with van der Waals surface area (Å²) in [5.41, 5.74) is 6.84. The summed E-state index contributed by atoms with van der Waals surface area (Å²) in [7, 11) is 0. The van der Waals surface area contributed by atoms with Gasteiger partial charge in [0.1, 0.15) is 0 Å². The van der Waals surface area contributed by atoms with E-state index in [0.29, 0.717) is 6.54 Å². The summed E-state index contributed by atoms with van der Waals surface area (Å²) in [5.74, 6) is 0. The molecule has 0 saturated carbocycles. The second-order valence-corrected chi connectivity index (χ2v) is 4.29. The van der Waals surface area contributed by atoms with E-state index in [1.54, 1.807) is 11.3 Å². The second-order valence-electron chi connectivity index (χ2n) is 3.23. The molecule has 3 nitrogen and oxygen atoms in total. The van der Waals surface area contributed by atoms with Crippen molar-refractivity contribution in [1.29, 1.82) is 0 Å². The minimum absolute atomic E-state index is 0.0325. The van der Waals surface area contributed by atoms with Gasteiger partial charge in [-0.25, -0.2) is 4.98 Å². The van der Waals surface area contributed by atoms with E-state index in [1.165, 1.54) is 0 Å². The Bertz CT molecular complexity index is 275. The predicted molar refractivity (Wildman–Crippen MR) is 48.4 cm³/mol. The monoisotopic (exact) mass is 184 g/mol. The zero-order chi connectivity index (χ0) is 8.60. The van der Waals surface area contributed by atoms with E-state index in [1.807, 2.05) is 6.92 Å². The van der Waals surface area contributed by atoms with Crippen molar-refractivity contribution in [3.63, 3.8) is 0 Å². The molecule has 1 aromatic heterocycles. The molecule has 1 aliphatic rings. The lowest BCUT2D eigenvalue weighted by atomic mass is 9.83. The summed E-state index contributed by atoms with van der Waals surface area (Å²) < 4.78 is 5.18. The molecule has 0 aromatic carbocycles. The topological polar surface area (TPSA) is 48.1 Å². The average molecular weight is 184 g/mol. The van der Waals surface area contributed by atoms with Crippen LogP contribution in [0.5, 0.6) is 0 Å². The van der Waals surface area contributed by atoms with Crippen LogP contribution in [0.15, 0.2) is 5.38 Å². The summed E-state index contributed by atoms with van der Waals surface area (Å²) in [6, 6.07) is 0. The van der Waals surface area contributed by atoms with Gasteiger partial charge in [-0.3, -0.25) is 0 Å². The Morgan fingerprint density at radius 1 is 1.75 bits per heavy atom. The first-order chi connectivity index (χ1) is 5.77. The summed E-state index contributed by atoms with van der Waals surface area (Å²) >= 11 is 1.67. The Hall–Kier alpha value is -0.450. The van der Waals surface area contributed by atoms with E-state index in [-0.39, 0.29) is 5.41 Å². The van der Waals surface area contributed by atoms with Crippen LogP contribution in [0.1, 0.15) is 10.7 Å². The molecule has 0 amide bonds. The highest BCUT2D eigenvalue weighted by molar-refractivity contribution is 7.09. The van der Waals surface area contributed by atoms with Crippen LogP contribution in [0.25, 0.3) is 0 Å². The Kier molecular flexibility index (Phi) is 1.90. The van der Waals surface area contributed by atoms with Gasteiger partial charge in [0.2, 0.25) is 0 Å². The molecule has 2 heterocycles. The molecule has 66 valence electrons. The first-order valence-electron chi connectivity index (χ1n) is 3.97. The van der Waals surface area contributed by atoms with Crippen LogP contribution in [0.4, 0.5) is 0 Å². The summed E-state index contributed by atoms with van der Waals surface area (Å²) in [4.78, 5) is 4.43. The van der Waals surface area contributed by atoms with Crippen molar-refractivity contribution in [2.45, 2.75) is 12.3 Å². The van der Waals surface area contributed by atoms with Crippen molar-refractivity contribution in [2.75, 3.05) is 19.8 Å². The number of aryl methyl sites for hydroxylation is 1. The molecule has 1 aromatic rings. The normalized spacial score (nSPS) is 20.5. The molecule has 0 bridgehead atoms. The highest BCUT2D eigenvalue weighted by Gasteiger charge is 2.40. The summed E-state index contributed by atoms with van der Waals surface area (Å²) in [6.07, 6.45) is 0. The molecule has 0 spiro atoms. The summed E-state index contributed by atoms with van der Waals surface area (Å²) in [6.45, 7) is 4.10.